The fourth-order valence-corrected chi connectivity index (χ4v) is 4.29. The average molecular weight is 469 g/mol. The van der Waals surface area contributed by atoms with Crippen LogP contribution in [-0.4, -0.2) is 55.0 Å². The van der Waals surface area contributed by atoms with Gasteiger partial charge in [0.05, 0.1) is 6.61 Å². The monoisotopic (exact) mass is 468 g/mol. The van der Waals surface area contributed by atoms with Crippen LogP contribution in [-0.2, 0) is 19.1 Å². The number of fused-ring (bicyclic) bond motifs is 3. The first-order valence-corrected chi connectivity index (χ1v) is 11.5. The first kappa shape index (κ1) is 25.2. The maximum absolute atomic E-state index is 12.9. The Morgan fingerprint density at radius 2 is 1.65 bits per heavy atom. The van der Waals surface area contributed by atoms with Gasteiger partial charge in [0.1, 0.15) is 18.2 Å². The molecular formula is C26H32N2O6. The summed E-state index contributed by atoms with van der Waals surface area (Å²) in [6.07, 6.45) is 0.966. The van der Waals surface area contributed by atoms with Gasteiger partial charge < -0.3 is 25.2 Å². The lowest BCUT2D eigenvalue weighted by atomic mass is 9.98. The summed E-state index contributed by atoms with van der Waals surface area (Å²) in [5.41, 5.74) is 2.88. The maximum Gasteiger partial charge on any atom is 0.408 e. The Hall–Kier alpha value is -3.39. The third kappa shape index (κ3) is 5.56. The highest BCUT2D eigenvalue weighted by Gasteiger charge is 2.38. The number of aliphatic carboxylic acids is 1. The summed E-state index contributed by atoms with van der Waals surface area (Å²) in [7, 11) is 1.40. The molecular weight excluding hydrogens is 436 g/mol. The number of carbonyl (C=O) groups is 3. The largest absolute Gasteiger partial charge is 0.480 e. The number of carbonyl (C=O) groups excluding carboxylic acids is 2. The van der Waals surface area contributed by atoms with E-state index in [1.54, 1.807) is 0 Å². The smallest absolute Gasteiger partial charge is 0.408 e. The first-order chi connectivity index (χ1) is 16.3. The number of carboxylic acids is 1. The van der Waals surface area contributed by atoms with Crippen molar-refractivity contribution in [2.45, 2.75) is 50.6 Å². The average Bonchev–Trinajstić information content (AvgIpc) is 3.14. The van der Waals surface area contributed by atoms with E-state index in [4.69, 9.17) is 9.47 Å². The summed E-state index contributed by atoms with van der Waals surface area (Å²) >= 11 is 0. The van der Waals surface area contributed by atoms with Crippen molar-refractivity contribution in [2.24, 2.45) is 0 Å². The van der Waals surface area contributed by atoms with Crippen molar-refractivity contribution in [3.8, 4) is 11.1 Å². The van der Waals surface area contributed by atoms with Crippen LogP contribution in [0.2, 0.25) is 0 Å². The number of ether oxygens (including phenoxy) is 2. The van der Waals surface area contributed by atoms with Crippen LogP contribution < -0.4 is 10.6 Å². The fourth-order valence-electron chi connectivity index (χ4n) is 4.29. The number of nitrogens with one attached hydrogen (secondary N) is 2. The molecule has 2 amide bonds. The number of carboxylic acid groups (broad SMARTS) is 1. The summed E-state index contributed by atoms with van der Waals surface area (Å²) in [5.74, 6) is -1.89. The van der Waals surface area contributed by atoms with Gasteiger partial charge in [-0.2, -0.15) is 0 Å². The van der Waals surface area contributed by atoms with Crippen LogP contribution in [0.5, 0.6) is 0 Å². The second-order valence-electron chi connectivity index (χ2n) is 8.72. The van der Waals surface area contributed by atoms with Crippen LogP contribution in [0.25, 0.3) is 11.1 Å². The van der Waals surface area contributed by atoms with Gasteiger partial charge in [0.15, 0.2) is 0 Å². The second-order valence-corrected chi connectivity index (χ2v) is 8.72. The molecule has 0 saturated heterocycles. The fraction of sp³-hybridized carbons (Fsp3) is 0.423. The molecule has 0 fully saturated rings. The molecule has 0 aliphatic heterocycles. The lowest BCUT2D eigenvalue weighted by Gasteiger charge is -2.30. The van der Waals surface area contributed by atoms with E-state index < -0.39 is 29.6 Å². The lowest BCUT2D eigenvalue weighted by molar-refractivity contribution is -0.143. The molecule has 8 nitrogen and oxygen atoms in total. The van der Waals surface area contributed by atoms with E-state index in [0.29, 0.717) is 12.8 Å². The van der Waals surface area contributed by atoms with Gasteiger partial charge in [0, 0.05) is 13.0 Å². The summed E-state index contributed by atoms with van der Waals surface area (Å²) < 4.78 is 10.7. The molecule has 1 aliphatic rings. The molecule has 2 unspecified atom stereocenters. The van der Waals surface area contributed by atoms with Crippen molar-refractivity contribution < 1.29 is 29.0 Å². The van der Waals surface area contributed by atoms with Crippen molar-refractivity contribution >= 4 is 18.0 Å². The lowest BCUT2D eigenvalue weighted by Crippen LogP contribution is -2.61. The SMILES string of the molecule is CCCCC(NC(=O)C(C)(COC)NC(=O)OCC1c2ccccc2-c2ccccc21)C(=O)O. The summed E-state index contributed by atoms with van der Waals surface area (Å²) in [6, 6.07) is 14.9. The number of unbranched alkanes of at least 4 members (excludes halogenated alkanes) is 1. The molecule has 182 valence electrons. The minimum atomic E-state index is -1.50. The van der Waals surface area contributed by atoms with E-state index in [9.17, 15) is 19.5 Å². The van der Waals surface area contributed by atoms with Gasteiger partial charge in [0.25, 0.3) is 0 Å². The zero-order valence-electron chi connectivity index (χ0n) is 19.8. The van der Waals surface area contributed by atoms with E-state index in [-0.39, 0.29) is 19.1 Å². The normalized spacial score (nSPS) is 14.9. The van der Waals surface area contributed by atoms with Gasteiger partial charge in [-0.3, -0.25) is 4.79 Å². The molecule has 8 heteroatoms. The van der Waals surface area contributed by atoms with E-state index in [1.807, 2.05) is 55.5 Å². The molecule has 34 heavy (non-hydrogen) atoms. The van der Waals surface area contributed by atoms with Crippen molar-refractivity contribution in [3.63, 3.8) is 0 Å². The van der Waals surface area contributed by atoms with Crippen LogP contribution in [0.1, 0.15) is 50.2 Å². The molecule has 3 rings (SSSR count). The molecule has 0 heterocycles. The Morgan fingerprint density at radius 1 is 1.06 bits per heavy atom. The highest BCUT2D eigenvalue weighted by molar-refractivity contribution is 5.92. The number of methoxy groups -OCH3 is 1. The van der Waals surface area contributed by atoms with Crippen LogP contribution in [0, 0.1) is 0 Å². The quantitative estimate of drug-likeness (QED) is 0.464. The Kier molecular flexibility index (Phi) is 8.28. The van der Waals surface area contributed by atoms with Gasteiger partial charge in [-0.25, -0.2) is 9.59 Å². The van der Waals surface area contributed by atoms with E-state index in [1.165, 1.54) is 14.0 Å². The highest BCUT2D eigenvalue weighted by atomic mass is 16.5. The molecule has 3 N–H and O–H groups in total. The van der Waals surface area contributed by atoms with Crippen LogP contribution in [0.4, 0.5) is 4.79 Å². The summed E-state index contributed by atoms with van der Waals surface area (Å²) in [4.78, 5) is 37.2. The predicted molar refractivity (Wildman–Crippen MR) is 128 cm³/mol. The van der Waals surface area contributed by atoms with E-state index >= 15 is 0 Å². The predicted octanol–water partition coefficient (Wildman–Crippen LogP) is 3.69. The highest BCUT2D eigenvalue weighted by Crippen LogP contribution is 2.44. The molecule has 2 atom stereocenters. The van der Waals surface area contributed by atoms with Gasteiger partial charge >= 0.3 is 12.1 Å². The van der Waals surface area contributed by atoms with Crippen molar-refractivity contribution in [2.75, 3.05) is 20.3 Å². The minimum Gasteiger partial charge on any atom is -0.480 e. The number of alkyl carbamates (subject to hydrolysis) is 1. The molecule has 0 spiro atoms. The number of hydrogen-bond donors (Lipinski definition) is 3. The third-order valence-electron chi connectivity index (χ3n) is 6.11. The molecule has 2 aromatic carbocycles. The van der Waals surface area contributed by atoms with Gasteiger partial charge in [-0.05, 0) is 35.6 Å². The zero-order chi connectivity index (χ0) is 24.7. The molecule has 2 aromatic rings. The standard InChI is InChI=1S/C26H32N2O6/c1-4-5-14-22(23(29)30)27-24(31)26(2,16-33-3)28-25(32)34-15-21-19-12-8-6-10-17(19)18-11-7-9-13-20(18)21/h6-13,21-22H,4-5,14-16H2,1-3H3,(H,27,31)(H,28,32)(H,29,30). The molecule has 0 radical (unpaired) electrons. The molecule has 0 saturated carbocycles. The summed E-state index contributed by atoms with van der Waals surface area (Å²) in [5, 5.41) is 14.5. The van der Waals surface area contributed by atoms with Gasteiger partial charge in [0.2, 0.25) is 5.91 Å². The van der Waals surface area contributed by atoms with E-state index in [0.717, 1.165) is 28.7 Å². The Morgan fingerprint density at radius 3 is 2.18 bits per heavy atom. The minimum absolute atomic E-state index is 0.0960. The maximum atomic E-state index is 12.9. The second kappa shape index (κ2) is 11.2. The number of benzene rings is 2. The van der Waals surface area contributed by atoms with Gasteiger partial charge in [-0.1, -0.05) is 68.3 Å². The molecule has 0 aromatic heterocycles. The number of hydrogen-bond acceptors (Lipinski definition) is 5. The zero-order valence-corrected chi connectivity index (χ0v) is 19.8. The van der Waals surface area contributed by atoms with E-state index in [2.05, 4.69) is 10.6 Å². The van der Waals surface area contributed by atoms with Crippen molar-refractivity contribution in [3.05, 3.63) is 59.7 Å². The van der Waals surface area contributed by atoms with Crippen LogP contribution in [0.3, 0.4) is 0 Å². The third-order valence-corrected chi connectivity index (χ3v) is 6.11. The van der Waals surface area contributed by atoms with Crippen molar-refractivity contribution in [1.29, 1.82) is 0 Å². The Balaban J connectivity index is 1.68. The first-order valence-electron chi connectivity index (χ1n) is 11.5. The van der Waals surface area contributed by atoms with Gasteiger partial charge in [-0.15, -0.1) is 0 Å². The molecule has 1 aliphatic carbocycles. The number of amides is 2. The van der Waals surface area contributed by atoms with Crippen LogP contribution >= 0.6 is 0 Å². The topological polar surface area (TPSA) is 114 Å². The Bertz CT molecular complexity index is 994. The molecule has 0 bridgehead atoms. The van der Waals surface area contributed by atoms with Crippen molar-refractivity contribution in [1.82, 2.24) is 10.6 Å². The van der Waals surface area contributed by atoms with Crippen LogP contribution in [0.15, 0.2) is 48.5 Å². The summed E-state index contributed by atoms with van der Waals surface area (Å²) in [6.45, 7) is 3.36. The number of rotatable bonds is 11. The Labute approximate surface area is 199 Å².